The van der Waals surface area contributed by atoms with Gasteiger partial charge in [0.05, 0.1) is 7.11 Å². The van der Waals surface area contributed by atoms with Crippen molar-refractivity contribution >= 4 is 24.8 Å². The molecule has 1 aliphatic heterocycles. The average Bonchev–Trinajstić information content (AvgIpc) is 2.45. The van der Waals surface area contributed by atoms with Crippen molar-refractivity contribution in [2.75, 3.05) is 33.3 Å². The smallest absolute Gasteiger partial charge is 0.131 e. The normalized spacial score (nSPS) is 16.1. The molecule has 0 radical (unpaired) electrons. The highest BCUT2D eigenvalue weighted by atomic mass is 35.5. The largest absolute Gasteiger partial charge is 0.496 e. The molecule has 0 spiro atoms. The van der Waals surface area contributed by atoms with Crippen LogP contribution < -0.4 is 10.1 Å². The van der Waals surface area contributed by atoms with Gasteiger partial charge in [-0.1, -0.05) is 11.6 Å². The first-order valence-electron chi connectivity index (χ1n) is 7.05. The highest BCUT2D eigenvalue weighted by Gasteiger charge is 2.27. The maximum Gasteiger partial charge on any atom is 0.131 e. The van der Waals surface area contributed by atoms with E-state index in [9.17, 15) is 4.39 Å². The van der Waals surface area contributed by atoms with E-state index in [0.717, 1.165) is 38.2 Å². The van der Waals surface area contributed by atoms with Gasteiger partial charge in [0.2, 0.25) is 0 Å². The number of methoxy groups -OCH3 is 1. The van der Waals surface area contributed by atoms with Crippen molar-refractivity contribution in [3.8, 4) is 5.75 Å². The second-order valence-electron chi connectivity index (χ2n) is 5.32. The van der Waals surface area contributed by atoms with Crippen molar-refractivity contribution in [2.45, 2.75) is 19.4 Å². The standard InChI is InChI=1S/C16H23FN2O.2ClH/c1-12(2)11-14(19-9-7-18-8-10-19)16-13(17)5-4-6-15(16)20-3;;/h4-6,14,18H,1,7-11H2,2-3H3;2*1H/t14-;;/m0../s1. The summed E-state index contributed by atoms with van der Waals surface area (Å²) in [5.41, 5.74) is 1.71. The minimum absolute atomic E-state index is 0. The number of rotatable bonds is 5. The van der Waals surface area contributed by atoms with E-state index in [-0.39, 0.29) is 36.7 Å². The van der Waals surface area contributed by atoms with Crippen LogP contribution in [-0.4, -0.2) is 38.2 Å². The van der Waals surface area contributed by atoms with Crippen LogP contribution in [0.25, 0.3) is 0 Å². The molecular weight excluding hydrogens is 326 g/mol. The minimum Gasteiger partial charge on any atom is -0.496 e. The molecule has 1 heterocycles. The fraction of sp³-hybridized carbons (Fsp3) is 0.500. The van der Waals surface area contributed by atoms with Gasteiger partial charge in [-0.15, -0.1) is 31.4 Å². The predicted molar refractivity (Wildman–Crippen MR) is 94.1 cm³/mol. The average molecular weight is 351 g/mol. The molecule has 1 fully saturated rings. The van der Waals surface area contributed by atoms with E-state index in [2.05, 4.69) is 16.8 Å². The molecule has 22 heavy (non-hydrogen) atoms. The summed E-state index contributed by atoms with van der Waals surface area (Å²) >= 11 is 0. The Balaban J connectivity index is 0.00000220. The fourth-order valence-corrected chi connectivity index (χ4v) is 2.76. The van der Waals surface area contributed by atoms with E-state index in [1.54, 1.807) is 13.2 Å². The molecule has 1 saturated heterocycles. The van der Waals surface area contributed by atoms with E-state index < -0.39 is 0 Å². The predicted octanol–water partition coefficient (Wildman–Crippen LogP) is 3.59. The number of hydrogen-bond acceptors (Lipinski definition) is 3. The van der Waals surface area contributed by atoms with E-state index in [1.165, 1.54) is 6.07 Å². The highest BCUT2D eigenvalue weighted by molar-refractivity contribution is 5.85. The zero-order valence-electron chi connectivity index (χ0n) is 13.1. The Bertz CT molecular complexity index is 479. The Hall–Kier alpha value is -0.810. The number of piperazine rings is 1. The molecule has 3 nitrogen and oxygen atoms in total. The van der Waals surface area contributed by atoms with Crippen molar-refractivity contribution in [1.82, 2.24) is 10.2 Å². The first-order valence-corrected chi connectivity index (χ1v) is 7.05. The Morgan fingerprint density at radius 1 is 1.36 bits per heavy atom. The third-order valence-corrected chi connectivity index (χ3v) is 3.70. The SMILES string of the molecule is C=C(C)C[C@@H](c1c(F)cccc1OC)N1CCNCC1.Cl.Cl. The Morgan fingerprint density at radius 2 is 2.00 bits per heavy atom. The topological polar surface area (TPSA) is 24.5 Å². The van der Waals surface area contributed by atoms with Gasteiger partial charge in [0, 0.05) is 37.8 Å². The van der Waals surface area contributed by atoms with Gasteiger partial charge in [0.15, 0.2) is 0 Å². The van der Waals surface area contributed by atoms with Crippen LogP contribution in [0.2, 0.25) is 0 Å². The molecule has 1 aromatic carbocycles. The Morgan fingerprint density at radius 3 is 2.55 bits per heavy atom. The van der Waals surface area contributed by atoms with Crippen molar-refractivity contribution in [3.63, 3.8) is 0 Å². The van der Waals surface area contributed by atoms with Crippen LogP contribution in [0.5, 0.6) is 5.75 Å². The Kier molecular flexibility index (Phi) is 9.69. The number of benzene rings is 1. The van der Waals surface area contributed by atoms with E-state index in [1.807, 2.05) is 13.0 Å². The molecule has 1 aliphatic rings. The van der Waals surface area contributed by atoms with E-state index in [0.29, 0.717) is 11.3 Å². The monoisotopic (exact) mass is 350 g/mol. The van der Waals surface area contributed by atoms with Gasteiger partial charge < -0.3 is 10.1 Å². The molecule has 0 amide bonds. The number of nitrogens with zero attached hydrogens (tertiary/aromatic N) is 1. The number of halogens is 3. The lowest BCUT2D eigenvalue weighted by atomic mass is 9.96. The molecule has 126 valence electrons. The number of ether oxygens (including phenoxy) is 1. The zero-order chi connectivity index (χ0) is 14.5. The molecule has 0 saturated carbocycles. The summed E-state index contributed by atoms with van der Waals surface area (Å²) in [6.45, 7) is 9.68. The number of nitrogens with one attached hydrogen (secondary N) is 1. The fourth-order valence-electron chi connectivity index (χ4n) is 2.76. The molecule has 1 aromatic rings. The van der Waals surface area contributed by atoms with Gasteiger partial charge in [0.1, 0.15) is 11.6 Å². The summed E-state index contributed by atoms with van der Waals surface area (Å²) in [5, 5.41) is 3.33. The molecule has 2 rings (SSSR count). The van der Waals surface area contributed by atoms with Crippen molar-refractivity contribution in [2.24, 2.45) is 0 Å². The lowest BCUT2D eigenvalue weighted by Crippen LogP contribution is -2.45. The van der Waals surface area contributed by atoms with Gasteiger partial charge in [0.25, 0.3) is 0 Å². The van der Waals surface area contributed by atoms with Gasteiger partial charge >= 0.3 is 0 Å². The third kappa shape index (κ3) is 5.13. The summed E-state index contributed by atoms with van der Waals surface area (Å²) in [6.07, 6.45) is 0.747. The molecular formula is C16H25Cl2FN2O. The molecule has 0 aliphatic carbocycles. The van der Waals surface area contributed by atoms with Crippen LogP contribution in [0.3, 0.4) is 0 Å². The van der Waals surface area contributed by atoms with Crippen LogP contribution in [0.4, 0.5) is 4.39 Å². The molecule has 1 atom stereocenters. The van der Waals surface area contributed by atoms with E-state index in [4.69, 9.17) is 4.74 Å². The summed E-state index contributed by atoms with van der Waals surface area (Å²) in [7, 11) is 1.59. The zero-order valence-corrected chi connectivity index (χ0v) is 14.7. The van der Waals surface area contributed by atoms with Crippen molar-refractivity contribution in [1.29, 1.82) is 0 Å². The molecule has 6 heteroatoms. The summed E-state index contributed by atoms with van der Waals surface area (Å²) in [4.78, 5) is 2.31. The Labute approximate surface area is 144 Å². The second kappa shape index (κ2) is 10.1. The van der Waals surface area contributed by atoms with Crippen LogP contribution >= 0.6 is 24.8 Å². The van der Waals surface area contributed by atoms with Crippen LogP contribution in [-0.2, 0) is 0 Å². The molecule has 1 N–H and O–H groups in total. The summed E-state index contributed by atoms with van der Waals surface area (Å²) in [5.74, 6) is 0.420. The van der Waals surface area contributed by atoms with Crippen molar-refractivity contribution in [3.05, 3.63) is 41.7 Å². The molecule has 0 aromatic heterocycles. The lowest BCUT2D eigenvalue weighted by Gasteiger charge is -2.36. The quantitative estimate of drug-likeness (QED) is 0.821. The summed E-state index contributed by atoms with van der Waals surface area (Å²) < 4.78 is 19.7. The van der Waals surface area contributed by atoms with Gasteiger partial charge in [-0.2, -0.15) is 0 Å². The minimum atomic E-state index is -0.200. The van der Waals surface area contributed by atoms with Gasteiger partial charge in [-0.25, -0.2) is 4.39 Å². The van der Waals surface area contributed by atoms with Crippen LogP contribution in [0.15, 0.2) is 30.4 Å². The number of hydrogen-bond donors (Lipinski definition) is 1. The summed E-state index contributed by atoms with van der Waals surface area (Å²) in [6, 6.07) is 5.01. The van der Waals surface area contributed by atoms with Gasteiger partial charge in [-0.05, 0) is 25.5 Å². The second-order valence-corrected chi connectivity index (χ2v) is 5.32. The van der Waals surface area contributed by atoms with Gasteiger partial charge in [-0.3, -0.25) is 4.90 Å². The molecule has 0 unspecified atom stereocenters. The maximum absolute atomic E-state index is 14.3. The van der Waals surface area contributed by atoms with Crippen LogP contribution in [0.1, 0.15) is 24.9 Å². The lowest BCUT2D eigenvalue weighted by molar-refractivity contribution is 0.166. The van der Waals surface area contributed by atoms with Crippen molar-refractivity contribution < 1.29 is 9.13 Å². The van der Waals surface area contributed by atoms with E-state index >= 15 is 0 Å². The first kappa shape index (κ1) is 21.2. The van der Waals surface area contributed by atoms with Crippen LogP contribution in [0, 0.1) is 5.82 Å². The maximum atomic E-state index is 14.3. The molecule has 0 bridgehead atoms. The first-order chi connectivity index (χ1) is 9.63. The highest BCUT2D eigenvalue weighted by Crippen LogP contribution is 2.35. The third-order valence-electron chi connectivity index (χ3n) is 3.70.